The highest BCUT2D eigenvalue weighted by atomic mass is 16.6. The minimum Gasteiger partial charge on any atom is -0.444 e. The highest BCUT2D eigenvalue weighted by Crippen LogP contribution is 2.24. The lowest BCUT2D eigenvalue weighted by Gasteiger charge is -2.40. The molecule has 0 saturated carbocycles. The van der Waals surface area contributed by atoms with Crippen LogP contribution >= 0.6 is 0 Å². The number of piperidine rings is 1. The van der Waals surface area contributed by atoms with Gasteiger partial charge < -0.3 is 20.5 Å². The molecule has 0 radical (unpaired) electrons. The third-order valence-electron chi connectivity index (χ3n) is 4.32. The van der Waals surface area contributed by atoms with Crippen molar-refractivity contribution in [3.63, 3.8) is 0 Å². The van der Waals surface area contributed by atoms with Crippen molar-refractivity contribution in [1.82, 2.24) is 4.90 Å². The molecule has 0 bridgehead atoms. The predicted octanol–water partition coefficient (Wildman–Crippen LogP) is 2.71. The summed E-state index contributed by atoms with van der Waals surface area (Å²) in [7, 11) is 0. The molecule has 1 fully saturated rings. The molecule has 1 aromatic carbocycles. The summed E-state index contributed by atoms with van der Waals surface area (Å²) < 4.78 is 5.49. The van der Waals surface area contributed by atoms with Crippen LogP contribution in [-0.2, 0) is 11.2 Å². The molecule has 1 saturated heterocycles. The van der Waals surface area contributed by atoms with E-state index in [0.717, 1.165) is 24.8 Å². The molecule has 0 spiro atoms. The summed E-state index contributed by atoms with van der Waals surface area (Å²) >= 11 is 0. The van der Waals surface area contributed by atoms with Crippen molar-refractivity contribution in [3.05, 3.63) is 35.9 Å². The predicted molar refractivity (Wildman–Crippen MR) is 94.7 cm³/mol. The second kappa shape index (κ2) is 7.99. The summed E-state index contributed by atoms with van der Waals surface area (Å²) in [5.41, 5.74) is 6.78. The molecule has 1 heterocycles. The number of aliphatic hydroxyl groups excluding tert-OH is 1. The number of aliphatic hydroxyl groups is 1. The van der Waals surface area contributed by atoms with E-state index in [1.54, 1.807) is 4.90 Å². The van der Waals surface area contributed by atoms with E-state index in [1.807, 2.05) is 51.1 Å². The molecule has 0 aromatic heterocycles. The van der Waals surface area contributed by atoms with Gasteiger partial charge in [0.15, 0.2) is 0 Å². The normalized spacial score (nSPS) is 21.2. The molecule has 2 rings (SSSR count). The fourth-order valence-electron chi connectivity index (χ4n) is 3.15. The Morgan fingerprint density at radius 2 is 2.00 bits per heavy atom. The Bertz CT molecular complexity index is 527. The van der Waals surface area contributed by atoms with Gasteiger partial charge in [-0.15, -0.1) is 0 Å². The van der Waals surface area contributed by atoms with E-state index >= 15 is 0 Å². The summed E-state index contributed by atoms with van der Waals surface area (Å²) in [5, 5.41) is 10.7. The van der Waals surface area contributed by atoms with Gasteiger partial charge in [-0.25, -0.2) is 4.79 Å². The number of carbonyl (C=O) groups excluding carboxylic acids is 1. The highest BCUT2D eigenvalue weighted by Gasteiger charge is 2.36. The monoisotopic (exact) mass is 334 g/mol. The van der Waals surface area contributed by atoms with Crippen LogP contribution in [0.2, 0.25) is 0 Å². The Hall–Kier alpha value is -1.59. The van der Waals surface area contributed by atoms with E-state index < -0.39 is 17.7 Å². The van der Waals surface area contributed by atoms with Gasteiger partial charge in [0.1, 0.15) is 5.60 Å². The summed E-state index contributed by atoms with van der Waals surface area (Å²) in [6.07, 6.45) is 2.12. The molecule has 5 nitrogen and oxygen atoms in total. The fraction of sp³-hybridized carbons (Fsp3) is 0.632. The van der Waals surface area contributed by atoms with Crippen LogP contribution in [0.25, 0.3) is 0 Å². The van der Waals surface area contributed by atoms with Gasteiger partial charge in [0.25, 0.3) is 0 Å². The van der Waals surface area contributed by atoms with Gasteiger partial charge in [-0.05, 0) is 52.0 Å². The van der Waals surface area contributed by atoms with Gasteiger partial charge in [-0.2, -0.15) is 0 Å². The standard InChI is InChI=1S/C19H30N2O3/c1-19(2,3)24-18(23)21-12-8-7-11-16(21)17(22)15(20)13-14-9-5-4-6-10-14/h4-6,9-10,15-17,22H,7-8,11-13,20H2,1-3H3/t15-,16+,17-/m0/s1. The lowest BCUT2D eigenvalue weighted by Crippen LogP contribution is -2.56. The summed E-state index contributed by atoms with van der Waals surface area (Å²) in [6, 6.07) is 9.17. The zero-order valence-electron chi connectivity index (χ0n) is 14.9. The molecule has 5 heteroatoms. The maximum Gasteiger partial charge on any atom is 0.410 e. The molecular formula is C19H30N2O3. The number of benzene rings is 1. The van der Waals surface area contributed by atoms with Crippen LogP contribution in [-0.4, -0.2) is 46.4 Å². The fourth-order valence-corrected chi connectivity index (χ4v) is 3.15. The first kappa shape index (κ1) is 18.7. The van der Waals surface area contributed by atoms with Crippen LogP contribution in [0.3, 0.4) is 0 Å². The lowest BCUT2D eigenvalue weighted by molar-refractivity contribution is -0.0216. The van der Waals surface area contributed by atoms with Crippen LogP contribution in [0.5, 0.6) is 0 Å². The molecule has 1 aliphatic rings. The van der Waals surface area contributed by atoms with Gasteiger partial charge in [-0.1, -0.05) is 30.3 Å². The number of likely N-dealkylation sites (tertiary alicyclic amines) is 1. The minimum absolute atomic E-state index is 0.285. The Morgan fingerprint density at radius 3 is 2.62 bits per heavy atom. The van der Waals surface area contributed by atoms with E-state index in [-0.39, 0.29) is 12.1 Å². The van der Waals surface area contributed by atoms with E-state index in [2.05, 4.69) is 0 Å². The third-order valence-corrected chi connectivity index (χ3v) is 4.32. The summed E-state index contributed by atoms with van der Waals surface area (Å²) in [6.45, 7) is 6.15. The maximum atomic E-state index is 12.5. The van der Waals surface area contributed by atoms with Crippen molar-refractivity contribution in [2.24, 2.45) is 5.73 Å². The van der Waals surface area contributed by atoms with Crippen LogP contribution in [0.1, 0.15) is 45.6 Å². The number of ether oxygens (including phenoxy) is 1. The van der Waals surface area contributed by atoms with Crippen LogP contribution in [0, 0.1) is 0 Å². The molecule has 1 aliphatic heterocycles. The third kappa shape index (κ3) is 5.21. The molecule has 1 amide bonds. The number of hydrogen-bond acceptors (Lipinski definition) is 4. The van der Waals surface area contributed by atoms with Crippen molar-refractivity contribution >= 4 is 6.09 Å². The molecule has 0 unspecified atom stereocenters. The highest BCUT2D eigenvalue weighted by molar-refractivity contribution is 5.68. The first-order valence-corrected chi connectivity index (χ1v) is 8.75. The quantitative estimate of drug-likeness (QED) is 0.888. The van der Waals surface area contributed by atoms with Gasteiger partial charge in [0.05, 0.1) is 12.1 Å². The lowest BCUT2D eigenvalue weighted by atomic mass is 9.91. The van der Waals surface area contributed by atoms with Crippen molar-refractivity contribution in [3.8, 4) is 0 Å². The molecule has 134 valence electrons. The first-order valence-electron chi connectivity index (χ1n) is 8.75. The Labute approximate surface area is 144 Å². The van der Waals surface area contributed by atoms with Crippen molar-refractivity contribution in [2.45, 2.75) is 70.2 Å². The zero-order valence-corrected chi connectivity index (χ0v) is 14.9. The van der Waals surface area contributed by atoms with Gasteiger partial charge in [-0.3, -0.25) is 0 Å². The zero-order chi connectivity index (χ0) is 17.7. The molecule has 1 aromatic rings. The average Bonchev–Trinajstić information content (AvgIpc) is 2.53. The Balaban J connectivity index is 2.04. The van der Waals surface area contributed by atoms with Crippen molar-refractivity contribution < 1.29 is 14.6 Å². The molecular weight excluding hydrogens is 304 g/mol. The minimum atomic E-state index is -0.766. The average molecular weight is 334 g/mol. The smallest absolute Gasteiger partial charge is 0.410 e. The summed E-state index contributed by atoms with van der Waals surface area (Å²) in [5.74, 6) is 0. The molecule has 3 N–H and O–H groups in total. The molecule has 24 heavy (non-hydrogen) atoms. The number of carbonyl (C=O) groups is 1. The van der Waals surface area contributed by atoms with Crippen LogP contribution < -0.4 is 5.73 Å². The number of rotatable bonds is 4. The Kier molecular flexibility index (Phi) is 6.24. The SMILES string of the molecule is CC(C)(C)OC(=O)N1CCCC[C@@H]1[C@@H](O)[C@@H](N)Cc1ccccc1. The van der Waals surface area contributed by atoms with Gasteiger partial charge in [0, 0.05) is 12.6 Å². The van der Waals surface area contributed by atoms with E-state index in [0.29, 0.717) is 13.0 Å². The number of nitrogens with two attached hydrogens (primary N) is 1. The largest absolute Gasteiger partial charge is 0.444 e. The number of hydrogen-bond donors (Lipinski definition) is 2. The first-order chi connectivity index (χ1) is 11.3. The Morgan fingerprint density at radius 1 is 1.33 bits per heavy atom. The topological polar surface area (TPSA) is 75.8 Å². The summed E-state index contributed by atoms with van der Waals surface area (Å²) in [4.78, 5) is 14.1. The second-order valence-electron chi connectivity index (χ2n) is 7.58. The second-order valence-corrected chi connectivity index (χ2v) is 7.58. The number of amides is 1. The van der Waals surface area contributed by atoms with Crippen molar-refractivity contribution in [1.29, 1.82) is 0 Å². The van der Waals surface area contributed by atoms with Gasteiger partial charge in [0.2, 0.25) is 0 Å². The molecule has 0 aliphatic carbocycles. The van der Waals surface area contributed by atoms with Crippen LogP contribution in [0.15, 0.2) is 30.3 Å². The van der Waals surface area contributed by atoms with Crippen LogP contribution in [0.4, 0.5) is 4.79 Å². The van der Waals surface area contributed by atoms with E-state index in [1.165, 1.54) is 0 Å². The maximum absolute atomic E-state index is 12.5. The number of nitrogens with zero attached hydrogens (tertiary/aromatic N) is 1. The van der Waals surface area contributed by atoms with E-state index in [4.69, 9.17) is 10.5 Å². The molecule has 3 atom stereocenters. The van der Waals surface area contributed by atoms with E-state index in [9.17, 15) is 9.90 Å². The van der Waals surface area contributed by atoms with Crippen molar-refractivity contribution in [2.75, 3.05) is 6.54 Å². The van der Waals surface area contributed by atoms with Gasteiger partial charge >= 0.3 is 6.09 Å².